The molecule has 2 aromatic carbocycles. The van der Waals surface area contributed by atoms with Gasteiger partial charge in [0.25, 0.3) is 5.56 Å². The number of aryl methyl sites for hydroxylation is 1. The average Bonchev–Trinajstić information content (AvgIpc) is 3.13. The van der Waals surface area contributed by atoms with Crippen molar-refractivity contribution in [3.05, 3.63) is 86.8 Å². The Kier molecular flexibility index (Phi) is 4.82. The summed E-state index contributed by atoms with van der Waals surface area (Å²) in [5.74, 6) is 0.304. The number of H-pyrrole nitrogens is 1. The van der Waals surface area contributed by atoms with Gasteiger partial charge in [0.05, 0.1) is 22.1 Å². The van der Waals surface area contributed by atoms with Crippen LogP contribution in [0, 0.1) is 18.3 Å². The van der Waals surface area contributed by atoms with Crippen molar-refractivity contribution in [2.24, 2.45) is 0 Å². The summed E-state index contributed by atoms with van der Waals surface area (Å²) in [6, 6.07) is 17.2. The van der Waals surface area contributed by atoms with Crippen LogP contribution in [0.15, 0.2) is 58.7 Å². The number of hydrogen-bond acceptors (Lipinski definition) is 4. The van der Waals surface area contributed by atoms with E-state index in [0.29, 0.717) is 26.6 Å². The lowest BCUT2D eigenvalue weighted by molar-refractivity contribution is 1.14. The summed E-state index contributed by atoms with van der Waals surface area (Å²) in [6.07, 6.45) is 1.68. The number of thiophene rings is 1. The highest BCUT2D eigenvalue weighted by Crippen LogP contribution is 2.31. The van der Waals surface area contributed by atoms with Crippen molar-refractivity contribution in [3.63, 3.8) is 0 Å². The minimum Gasteiger partial charge on any atom is -0.305 e. The Labute approximate surface area is 170 Å². The molecule has 2 heterocycles. The summed E-state index contributed by atoms with van der Waals surface area (Å²) in [5, 5.41) is 11.8. The van der Waals surface area contributed by atoms with Crippen molar-refractivity contribution < 1.29 is 0 Å². The zero-order valence-corrected chi connectivity index (χ0v) is 16.4. The van der Waals surface area contributed by atoms with Gasteiger partial charge in [-0.1, -0.05) is 53.6 Å². The number of nitrogens with one attached hydrogen (secondary N) is 1. The van der Waals surface area contributed by atoms with E-state index in [-0.39, 0.29) is 5.56 Å². The maximum absolute atomic E-state index is 12.8. The Morgan fingerprint density at radius 1 is 1.25 bits per heavy atom. The Morgan fingerprint density at radius 2 is 2.04 bits per heavy atom. The van der Waals surface area contributed by atoms with Crippen LogP contribution in [0.3, 0.4) is 0 Å². The molecule has 0 aliphatic rings. The van der Waals surface area contributed by atoms with Gasteiger partial charge < -0.3 is 4.98 Å². The summed E-state index contributed by atoms with van der Waals surface area (Å²) in [4.78, 5) is 20.7. The molecule has 4 nitrogen and oxygen atoms in total. The van der Waals surface area contributed by atoms with Crippen LogP contribution in [-0.4, -0.2) is 9.97 Å². The van der Waals surface area contributed by atoms with Crippen LogP contribution in [0.25, 0.3) is 32.5 Å². The fourth-order valence-corrected chi connectivity index (χ4v) is 4.08. The largest absolute Gasteiger partial charge is 0.305 e. The summed E-state index contributed by atoms with van der Waals surface area (Å²) in [5.41, 5.74) is 4.08. The minimum absolute atomic E-state index is 0.228. The molecule has 6 heteroatoms. The second-order valence-corrected chi connectivity index (χ2v) is 7.60. The molecule has 4 aromatic rings. The van der Waals surface area contributed by atoms with E-state index in [0.717, 1.165) is 22.3 Å². The van der Waals surface area contributed by atoms with Crippen molar-refractivity contribution in [3.8, 4) is 17.2 Å². The van der Waals surface area contributed by atoms with Crippen molar-refractivity contribution in [2.75, 3.05) is 0 Å². The van der Waals surface area contributed by atoms with Crippen LogP contribution in [0.2, 0.25) is 0 Å². The summed E-state index contributed by atoms with van der Waals surface area (Å²) >= 11 is 7.81. The third kappa shape index (κ3) is 3.48. The number of nitriles is 1. The molecule has 1 N–H and O–H groups in total. The molecule has 0 saturated heterocycles. The number of benzene rings is 2. The molecular formula is C22H14ClN3OS. The molecule has 0 radical (unpaired) electrons. The molecule has 0 amide bonds. The van der Waals surface area contributed by atoms with Gasteiger partial charge in [-0.2, -0.15) is 5.26 Å². The van der Waals surface area contributed by atoms with E-state index in [1.807, 2.05) is 42.6 Å². The first-order valence-corrected chi connectivity index (χ1v) is 9.77. The van der Waals surface area contributed by atoms with E-state index in [1.165, 1.54) is 11.3 Å². The predicted octanol–water partition coefficient (Wildman–Crippen LogP) is 5.57. The summed E-state index contributed by atoms with van der Waals surface area (Å²) < 4.78 is 0. The Morgan fingerprint density at radius 3 is 2.79 bits per heavy atom. The van der Waals surface area contributed by atoms with E-state index in [2.05, 4.69) is 16.0 Å². The molecule has 2 aromatic heterocycles. The van der Waals surface area contributed by atoms with Gasteiger partial charge in [0.1, 0.15) is 4.83 Å². The molecule has 0 fully saturated rings. The number of aromatic amines is 1. The minimum atomic E-state index is -0.228. The van der Waals surface area contributed by atoms with Gasteiger partial charge in [0, 0.05) is 10.9 Å². The second kappa shape index (κ2) is 7.43. The first-order chi connectivity index (χ1) is 13.5. The Bertz CT molecular complexity index is 1310. The van der Waals surface area contributed by atoms with Gasteiger partial charge in [0.15, 0.2) is 5.82 Å². The number of halogens is 1. The number of hydrogen-bond donors (Lipinski definition) is 1. The average molecular weight is 404 g/mol. The van der Waals surface area contributed by atoms with Crippen LogP contribution < -0.4 is 5.56 Å². The van der Waals surface area contributed by atoms with Gasteiger partial charge >= 0.3 is 0 Å². The topological polar surface area (TPSA) is 69.5 Å². The Balaban J connectivity index is 1.78. The zero-order chi connectivity index (χ0) is 19.7. The third-order valence-electron chi connectivity index (χ3n) is 4.34. The van der Waals surface area contributed by atoms with Crippen LogP contribution in [0.4, 0.5) is 0 Å². The molecule has 0 atom stereocenters. The van der Waals surface area contributed by atoms with Crippen molar-refractivity contribution in [1.82, 2.24) is 9.97 Å². The van der Waals surface area contributed by atoms with Crippen LogP contribution >= 0.6 is 22.9 Å². The maximum atomic E-state index is 12.8. The molecule has 0 bridgehead atoms. The standard InChI is InChI=1S/C22H14ClN3OS/c1-13-5-7-16(8-6-13)17-12-28-22-19(17)21(27)25-20(26-22)18(23)10-14-3-2-4-15(9-14)11-24/h2-10,12H,1H3,(H,25,26,27)/b18-10-. The second-order valence-electron chi connectivity index (χ2n) is 6.34. The van der Waals surface area contributed by atoms with Crippen molar-refractivity contribution in [2.45, 2.75) is 6.92 Å². The first kappa shape index (κ1) is 18.2. The maximum Gasteiger partial charge on any atom is 0.260 e. The number of aromatic nitrogens is 2. The highest BCUT2D eigenvalue weighted by molar-refractivity contribution is 7.17. The smallest absolute Gasteiger partial charge is 0.260 e. The molecule has 0 aliphatic heterocycles. The van der Waals surface area contributed by atoms with Gasteiger partial charge in [-0.3, -0.25) is 4.79 Å². The van der Waals surface area contributed by atoms with Gasteiger partial charge in [-0.15, -0.1) is 11.3 Å². The molecule has 136 valence electrons. The predicted molar refractivity (Wildman–Crippen MR) is 115 cm³/mol. The molecule has 0 spiro atoms. The highest BCUT2D eigenvalue weighted by Gasteiger charge is 2.14. The van der Waals surface area contributed by atoms with Gasteiger partial charge in [0.2, 0.25) is 0 Å². The van der Waals surface area contributed by atoms with Crippen molar-refractivity contribution >= 4 is 44.3 Å². The lowest BCUT2D eigenvalue weighted by atomic mass is 10.1. The molecule has 28 heavy (non-hydrogen) atoms. The van der Waals surface area contributed by atoms with E-state index in [4.69, 9.17) is 16.9 Å². The number of nitrogens with zero attached hydrogens (tertiary/aromatic N) is 2. The summed E-state index contributed by atoms with van der Waals surface area (Å²) in [7, 11) is 0. The number of fused-ring (bicyclic) bond motifs is 1. The SMILES string of the molecule is Cc1ccc(-c2csc3nc(/C(Cl)=C/c4cccc(C#N)c4)[nH]c(=O)c23)cc1. The molecule has 4 rings (SSSR count). The van der Waals surface area contributed by atoms with Crippen molar-refractivity contribution in [1.29, 1.82) is 5.26 Å². The molecule has 0 aliphatic carbocycles. The molecule has 0 saturated carbocycles. The molecular weight excluding hydrogens is 390 g/mol. The van der Waals surface area contributed by atoms with Crippen LogP contribution in [0.5, 0.6) is 0 Å². The van der Waals surface area contributed by atoms with E-state index >= 15 is 0 Å². The fraction of sp³-hybridized carbons (Fsp3) is 0.0455. The van der Waals surface area contributed by atoms with E-state index in [1.54, 1.807) is 24.3 Å². The fourth-order valence-electron chi connectivity index (χ4n) is 2.92. The van der Waals surface area contributed by atoms with Gasteiger partial charge in [-0.05, 0) is 36.3 Å². The lowest BCUT2D eigenvalue weighted by Gasteiger charge is -2.03. The lowest BCUT2D eigenvalue weighted by Crippen LogP contribution is -2.10. The first-order valence-electron chi connectivity index (χ1n) is 8.51. The summed E-state index contributed by atoms with van der Waals surface area (Å²) in [6.45, 7) is 2.02. The van der Waals surface area contributed by atoms with Crippen LogP contribution in [-0.2, 0) is 0 Å². The van der Waals surface area contributed by atoms with Gasteiger partial charge in [-0.25, -0.2) is 4.98 Å². The van der Waals surface area contributed by atoms with Crippen LogP contribution in [0.1, 0.15) is 22.5 Å². The number of rotatable bonds is 3. The third-order valence-corrected chi connectivity index (χ3v) is 5.50. The monoisotopic (exact) mass is 403 g/mol. The normalized spacial score (nSPS) is 11.5. The quantitative estimate of drug-likeness (QED) is 0.486. The van der Waals surface area contributed by atoms with E-state index in [9.17, 15) is 4.79 Å². The Hall–Kier alpha value is -3.20. The zero-order valence-electron chi connectivity index (χ0n) is 14.9. The highest BCUT2D eigenvalue weighted by atomic mass is 35.5. The molecule has 0 unspecified atom stereocenters. The van der Waals surface area contributed by atoms with E-state index < -0.39 is 0 Å².